The average molecular weight is 501 g/mol. The molecule has 182 valence electrons. The topological polar surface area (TPSA) is 114 Å². The standard InChI is InChI=1S/C27H24N4O4S/c1-19-8-14-25(20(2)16-19)30-36(34,35)27-17-24(31(32)33)13-15-26(27)29-28-18-21-9-11-23(12-10-21)22-6-4-3-5-7-22/h3-18,29-30H,1-2H3. The van der Waals surface area contributed by atoms with E-state index in [1.807, 2.05) is 67.6 Å². The Bertz CT molecular complexity index is 1530. The number of hydrazone groups is 1. The maximum Gasteiger partial charge on any atom is 0.270 e. The highest BCUT2D eigenvalue weighted by molar-refractivity contribution is 7.92. The Balaban J connectivity index is 1.59. The molecule has 0 aliphatic carbocycles. The molecular weight excluding hydrogens is 476 g/mol. The number of rotatable bonds is 8. The molecule has 9 heteroatoms. The fourth-order valence-corrected chi connectivity index (χ4v) is 4.94. The highest BCUT2D eigenvalue weighted by Gasteiger charge is 2.23. The molecule has 0 fully saturated rings. The molecule has 0 atom stereocenters. The zero-order valence-electron chi connectivity index (χ0n) is 19.7. The van der Waals surface area contributed by atoms with E-state index in [2.05, 4.69) is 15.2 Å². The highest BCUT2D eigenvalue weighted by Crippen LogP contribution is 2.29. The number of hydrogen-bond donors (Lipinski definition) is 2. The molecule has 0 amide bonds. The van der Waals surface area contributed by atoms with Gasteiger partial charge in [0.25, 0.3) is 15.7 Å². The molecule has 4 rings (SSSR count). The molecule has 36 heavy (non-hydrogen) atoms. The van der Waals surface area contributed by atoms with Crippen LogP contribution in [-0.4, -0.2) is 19.6 Å². The van der Waals surface area contributed by atoms with Crippen molar-refractivity contribution in [3.63, 3.8) is 0 Å². The number of benzene rings is 4. The van der Waals surface area contributed by atoms with Crippen molar-refractivity contribution in [1.82, 2.24) is 0 Å². The third kappa shape index (κ3) is 5.76. The lowest BCUT2D eigenvalue weighted by Gasteiger charge is -2.14. The van der Waals surface area contributed by atoms with Gasteiger partial charge in [-0.2, -0.15) is 5.10 Å². The predicted molar refractivity (Wildman–Crippen MR) is 143 cm³/mol. The van der Waals surface area contributed by atoms with E-state index >= 15 is 0 Å². The third-order valence-corrected chi connectivity index (χ3v) is 6.91. The SMILES string of the molecule is Cc1ccc(NS(=O)(=O)c2cc([N+](=O)[O-])ccc2NN=Cc2ccc(-c3ccccc3)cc2)c(C)c1. The Labute approximate surface area is 209 Å². The second kappa shape index (κ2) is 10.4. The van der Waals surface area contributed by atoms with Crippen molar-refractivity contribution in [2.45, 2.75) is 18.7 Å². The molecule has 0 bridgehead atoms. The molecule has 0 spiro atoms. The van der Waals surface area contributed by atoms with E-state index in [-0.39, 0.29) is 16.3 Å². The first-order valence-corrected chi connectivity index (χ1v) is 12.5. The molecule has 0 aliphatic rings. The fourth-order valence-electron chi connectivity index (χ4n) is 3.64. The fraction of sp³-hybridized carbons (Fsp3) is 0.0741. The smallest absolute Gasteiger partial charge is 0.270 e. The monoisotopic (exact) mass is 500 g/mol. The van der Waals surface area contributed by atoms with Gasteiger partial charge in [-0.25, -0.2) is 8.42 Å². The van der Waals surface area contributed by atoms with Gasteiger partial charge in [-0.05, 0) is 48.2 Å². The maximum atomic E-state index is 13.2. The zero-order valence-corrected chi connectivity index (χ0v) is 20.5. The number of nitro groups is 1. The van der Waals surface area contributed by atoms with Gasteiger partial charge < -0.3 is 0 Å². The number of hydrogen-bond acceptors (Lipinski definition) is 6. The van der Waals surface area contributed by atoms with Crippen molar-refractivity contribution in [3.8, 4) is 11.1 Å². The summed E-state index contributed by atoms with van der Waals surface area (Å²) in [6.45, 7) is 3.69. The second-order valence-corrected chi connectivity index (χ2v) is 9.87. The Morgan fingerprint density at radius 3 is 2.17 bits per heavy atom. The molecule has 4 aromatic rings. The minimum Gasteiger partial charge on any atom is -0.279 e. The van der Waals surface area contributed by atoms with Crippen LogP contribution in [0.2, 0.25) is 0 Å². The molecule has 0 aliphatic heterocycles. The summed E-state index contributed by atoms with van der Waals surface area (Å²) in [4.78, 5) is 10.4. The van der Waals surface area contributed by atoms with Crippen molar-refractivity contribution in [3.05, 3.63) is 118 Å². The van der Waals surface area contributed by atoms with Crippen LogP contribution >= 0.6 is 0 Å². The van der Waals surface area contributed by atoms with E-state index in [4.69, 9.17) is 0 Å². The molecule has 2 N–H and O–H groups in total. The first-order valence-electron chi connectivity index (χ1n) is 11.1. The van der Waals surface area contributed by atoms with E-state index in [0.717, 1.165) is 33.9 Å². The van der Waals surface area contributed by atoms with E-state index in [0.29, 0.717) is 5.69 Å². The lowest BCUT2D eigenvalue weighted by Crippen LogP contribution is -2.16. The van der Waals surface area contributed by atoms with Crippen LogP contribution in [0.4, 0.5) is 17.1 Å². The van der Waals surface area contributed by atoms with Crippen LogP contribution in [0.25, 0.3) is 11.1 Å². The zero-order chi connectivity index (χ0) is 25.7. The number of aryl methyl sites for hydroxylation is 2. The number of anilines is 2. The summed E-state index contributed by atoms with van der Waals surface area (Å²) in [5.74, 6) is 0. The van der Waals surface area contributed by atoms with Crippen LogP contribution < -0.4 is 10.1 Å². The minimum absolute atomic E-state index is 0.107. The minimum atomic E-state index is -4.16. The maximum absolute atomic E-state index is 13.2. The summed E-state index contributed by atoms with van der Waals surface area (Å²) in [5.41, 5.74) is 7.53. The summed E-state index contributed by atoms with van der Waals surface area (Å²) in [6, 6.07) is 26.5. The molecule has 8 nitrogen and oxygen atoms in total. The van der Waals surface area contributed by atoms with Crippen LogP contribution in [0.15, 0.2) is 101 Å². The molecular formula is C27H24N4O4S. The molecule has 0 saturated heterocycles. The van der Waals surface area contributed by atoms with Gasteiger partial charge >= 0.3 is 0 Å². The van der Waals surface area contributed by atoms with Crippen LogP contribution in [0.5, 0.6) is 0 Å². The first-order chi connectivity index (χ1) is 17.2. The Kier molecular flexibility index (Phi) is 7.12. The number of nitrogens with zero attached hydrogens (tertiary/aromatic N) is 2. The van der Waals surface area contributed by atoms with Crippen molar-refractivity contribution in [1.29, 1.82) is 0 Å². The Morgan fingerprint density at radius 2 is 1.50 bits per heavy atom. The average Bonchev–Trinajstić information content (AvgIpc) is 2.86. The van der Waals surface area contributed by atoms with Gasteiger partial charge in [0.1, 0.15) is 4.90 Å². The summed E-state index contributed by atoms with van der Waals surface area (Å²) in [6.07, 6.45) is 1.55. The van der Waals surface area contributed by atoms with E-state index < -0.39 is 14.9 Å². The molecule has 0 radical (unpaired) electrons. The van der Waals surface area contributed by atoms with Gasteiger partial charge in [-0.3, -0.25) is 20.3 Å². The van der Waals surface area contributed by atoms with Crippen LogP contribution in [0.3, 0.4) is 0 Å². The van der Waals surface area contributed by atoms with Gasteiger partial charge in [0, 0.05) is 12.1 Å². The summed E-state index contributed by atoms with van der Waals surface area (Å²) < 4.78 is 29.0. The van der Waals surface area contributed by atoms with Crippen molar-refractivity contribution in [2.24, 2.45) is 5.10 Å². The largest absolute Gasteiger partial charge is 0.279 e. The van der Waals surface area contributed by atoms with Gasteiger partial charge in [0.2, 0.25) is 0 Å². The Morgan fingerprint density at radius 1 is 0.833 bits per heavy atom. The van der Waals surface area contributed by atoms with Crippen molar-refractivity contribution >= 4 is 33.3 Å². The van der Waals surface area contributed by atoms with E-state index in [1.165, 1.54) is 12.1 Å². The summed E-state index contributed by atoms with van der Waals surface area (Å²) in [7, 11) is -4.16. The highest BCUT2D eigenvalue weighted by atomic mass is 32.2. The molecule has 0 heterocycles. The normalized spacial score (nSPS) is 11.4. The lowest BCUT2D eigenvalue weighted by atomic mass is 10.0. The third-order valence-electron chi connectivity index (χ3n) is 5.51. The van der Waals surface area contributed by atoms with Crippen LogP contribution in [0, 0.1) is 24.0 Å². The second-order valence-electron chi connectivity index (χ2n) is 8.22. The van der Waals surface area contributed by atoms with E-state index in [1.54, 1.807) is 25.3 Å². The summed E-state index contributed by atoms with van der Waals surface area (Å²) >= 11 is 0. The van der Waals surface area contributed by atoms with Gasteiger partial charge in [0.05, 0.1) is 22.5 Å². The van der Waals surface area contributed by atoms with E-state index in [9.17, 15) is 18.5 Å². The molecule has 0 saturated carbocycles. The quantitative estimate of drug-likeness (QED) is 0.172. The summed E-state index contributed by atoms with van der Waals surface area (Å²) in [5, 5.41) is 15.5. The van der Waals surface area contributed by atoms with Gasteiger partial charge in [-0.1, -0.05) is 72.3 Å². The van der Waals surface area contributed by atoms with Crippen molar-refractivity contribution < 1.29 is 13.3 Å². The van der Waals surface area contributed by atoms with Crippen LogP contribution in [0.1, 0.15) is 16.7 Å². The van der Waals surface area contributed by atoms with Crippen molar-refractivity contribution in [2.75, 3.05) is 10.1 Å². The van der Waals surface area contributed by atoms with Crippen LogP contribution in [-0.2, 0) is 10.0 Å². The van der Waals surface area contributed by atoms with Gasteiger partial charge in [-0.15, -0.1) is 0 Å². The Hall–Kier alpha value is -4.50. The number of non-ortho nitro benzene ring substituents is 1. The number of nitrogens with one attached hydrogen (secondary N) is 2. The lowest BCUT2D eigenvalue weighted by molar-refractivity contribution is -0.385. The van der Waals surface area contributed by atoms with Gasteiger partial charge in [0.15, 0.2) is 0 Å². The molecule has 0 aromatic heterocycles. The number of nitro benzene ring substituents is 1. The predicted octanol–water partition coefficient (Wildman–Crippen LogP) is 6.13. The number of sulfonamides is 1. The molecule has 4 aromatic carbocycles. The first kappa shape index (κ1) is 24.6. The molecule has 0 unspecified atom stereocenters.